The molecule has 3 aromatic rings. The number of nitrogens with one attached hydrogen (secondary N) is 1. The van der Waals surface area contributed by atoms with E-state index in [1.807, 2.05) is 17.0 Å². The molecule has 1 amide bonds. The number of hydrogen-bond acceptors (Lipinski definition) is 4. The maximum atomic E-state index is 12.9. The van der Waals surface area contributed by atoms with Gasteiger partial charge in [-0.05, 0) is 42.0 Å². The summed E-state index contributed by atoms with van der Waals surface area (Å²) in [6.07, 6.45) is 4.52. The van der Waals surface area contributed by atoms with E-state index in [0.29, 0.717) is 18.2 Å². The van der Waals surface area contributed by atoms with E-state index in [1.165, 1.54) is 16.7 Å². The van der Waals surface area contributed by atoms with Crippen molar-refractivity contribution < 1.29 is 4.79 Å². The maximum absolute atomic E-state index is 12.9. The number of nitrogens with zero attached hydrogens (tertiary/aromatic N) is 3. The Balaban J connectivity index is 1.34. The fourth-order valence-electron chi connectivity index (χ4n) is 3.53. The molecule has 142 valence electrons. The van der Waals surface area contributed by atoms with Crippen LogP contribution < -0.4 is 5.32 Å². The summed E-state index contributed by atoms with van der Waals surface area (Å²) < 4.78 is 0. The monoisotopic (exact) mass is 372 g/mol. The Labute approximate surface area is 165 Å². The number of hydrogen-bond donors (Lipinski definition) is 1. The van der Waals surface area contributed by atoms with Crippen LogP contribution in [0.1, 0.15) is 33.6 Å². The van der Waals surface area contributed by atoms with Gasteiger partial charge >= 0.3 is 0 Å². The minimum Gasteiger partial charge on any atom is -0.354 e. The molecule has 28 heavy (non-hydrogen) atoms. The number of benzene rings is 2. The van der Waals surface area contributed by atoms with Gasteiger partial charge in [0.25, 0.3) is 5.91 Å². The quantitative estimate of drug-likeness (QED) is 0.670. The number of anilines is 1. The molecule has 0 radical (unpaired) electrons. The number of fused-ring (bicyclic) bond motifs is 1. The third kappa shape index (κ3) is 4.36. The van der Waals surface area contributed by atoms with E-state index in [4.69, 9.17) is 0 Å². The number of carbonyl (C=O) groups is 1. The summed E-state index contributed by atoms with van der Waals surface area (Å²) >= 11 is 0. The molecule has 5 heteroatoms. The summed E-state index contributed by atoms with van der Waals surface area (Å²) in [5.74, 6) is 0.473. The molecule has 2 heterocycles. The molecule has 0 fully saturated rings. The van der Waals surface area contributed by atoms with E-state index in [0.717, 1.165) is 32.4 Å². The average Bonchev–Trinajstić information content (AvgIpc) is 2.77. The van der Waals surface area contributed by atoms with Gasteiger partial charge in [-0.3, -0.25) is 4.79 Å². The van der Waals surface area contributed by atoms with E-state index in [-0.39, 0.29) is 5.91 Å². The first-order chi connectivity index (χ1) is 13.8. The lowest BCUT2D eigenvalue weighted by molar-refractivity contribution is 0.0728. The lowest BCUT2D eigenvalue weighted by Gasteiger charge is -2.28. The summed E-state index contributed by atoms with van der Waals surface area (Å²) in [7, 11) is 0. The zero-order chi connectivity index (χ0) is 19.2. The van der Waals surface area contributed by atoms with Gasteiger partial charge in [-0.2, -0.15) is 0 Å². The van der Waals surface area contributed by atoms with Gasteiger partial charge in [0.15, 0.2) is 0 Å². The van der Waals surface area contributed by atoms with Crippen LogP contribution in [0.15, 0.2) is 66.9 Å². The Kier molecular flexibility index (Phi) is 5.61. The predicted octanol–water partition coefficient (Wildman–Crippen LogP) is 3.72. The normalized spacial score (nSPS) is 13.1. The van der Waals surface area contributed by atoms with E-state index < -0.39 is 0 Å². The van der Waals surface area contributed by atoms with Crippen LogP contribution in [0.2, 0.25) is 0 Å². The number of carbonyl (C=O) groups excluding carboxylic acids is 1. The molecule has 0 saturated carbocycles. The Morgan fingerprint density at radius 2 is 1.79 bits per heavy atom. The highest BCUT2D eigenvalue weighted by Gasteiger charge is 2.22. The minimum atomic E-state index is -0.0377. The maximum Gasteiger partial charge on any atom is 0.272 e. The minimum absolute atomic E-state index is 0.0377. The highest BCUT2D eigenvalue weighted by atomic mass is 16.2. The summed E-state index contributed by atoms with van der Waals surface area (Å²) in [4.78, 5) is 23.4. The zero-order valence-corrected chi connectivity index (χ0v) is 15.8. The second-order valence-corrected chi connectivity index (χ2v) is 7.03. The molecule has 1 aliphatic heterocycles. The molecule has 1 aliphatic rings. The van der Waals surface area contributed by atoms with Crippen LogP contribution in [0.4, 0.5) is 5.95 Å². The number of amides is 1. The summed E-state index contributed by atoms with van der Waals surface area (Å²) in [6.45, 7) is 2.13. The van der Waals surface area contributed by atoms with Gasteiger partial charge < -0.3 is 10.2 Å². The molecule has 0 aliphatic carbocycles. The van der Waals surface area contributed by atoms with Crippen molar-refractivity contribution in [3.63, 3.8) is 0 Å². The first-order valence-electron chi connectivity index (χ1n) is 9.76. The molecule has 1 aromatic heterocycles. The average molecular weight is 372 g/mol. The van der Waals surface area contributed by atoms with Gasteiger partial charge in [0, 0.05) is 25.8 Å². The molecule has 0 saturated heterocycles. The molecule has 0 bridgehead atoms. The van der Waals surface area contributed by atoms with E-state index in [9.17, 15) is 4.79 Å². The highest BCUT2D eigenvalue weighted by molar-refractivity contribution is 5.92. The third-order valence-corrected chi connectivity index (χ3v) is 5.06. The Morgan fingerprint density at radius 3 is 2.64 bits per heavy atom. The largest absolute Gasteiger partial charge is 0.354 e. The second kappa shape index (κ2) is 8.65. The predicted molar refractivity (Wildman–Crippen MR) is 110 cm³/mol. The van der Waals surface area contributed by atoms with Crippen molar-refractivity contribution in [2.75, 3.05) is 18.4 Å². The zero-order valence-electron chi connectivity index (χ0n) is 15.8. The molecular weight excluding hydrogens is 348 g/mol. The molecule has 5 nitrogen and oxygen atoms in total. The molecule has 1 N–H and O–H groups in total. The summed E-state index contributed by atoms with van der Waals surface area (Å²) in [6, 6.07) is 20.4. The number of rotatable bonds is 6. The van der Waals surface area contributed by atoms with Gasteiger partial charge in [0.05, 0.1) is 0 Å². The van der Waals surface area contributed by atoms with Crippen LogP contribution in [0.3, 0.4) is 0 Å². The van der Waals surface area contributed by atoms with Gasteiger partial charge in [-0.1, -0.05) is 54.6 Å². The highest BCUT2D eigenvalue weighted by Crippen LogP contribution is 2.20. The van der Waals surface area contributed by atoms with Gasteiger partial charge in [0.2, 0.25) is 5.95 Å². The van der Waals surface area contributed by atoms with Crippen molar-refractivity contribution in [1.82, 2.24) is 14.9 Å². The molecule has 4 rings (SSSR count). The Morgan fingerprint density at radius 1 is 1.00 bits per heavy atom. The summed E-state index contributed by atoms with van der Waals surface area (Å²) in [5, 5.41) is 3.24. The van der Waals surface area contributed by atoms with Crippen LogP contribution in [-0.4, -0.2) is 33.9 Å². The van der Waals surface area contributed by atoms with Gasteiger partial charge in [-0.15, -0.1) is 0 Å². The number of aryl methyl sites for hydroxylation is 1. The SMILES string of the molecule is O=C(c1ccnc(NCCCc2ccccc2)n1)N1CCc2ccccc2C1. The number of aromatic nitrogens is 2. The van der Waals surface area contributed by atoms with Crippen molar-refractivity contribution in [1.29, 1.82) is 0 Å². The van der Waals surface area contributed by atoms with Crippen molar-refractivity contribution in [3.8, 4) is 0 Å². The third-order valence-electron chi connectivity index (χ3n) is 5.06. The lowest BCUT2D eigenvalue weighted by atomic mass is 10.00. The Bertz CT molecular complexity index is 942. The van der Waals surface area contributed by atoms with Crippen molar-refractivity contribution in [2.45, 2.75) is 25.8 Å². The second-order valence-electron chi connectivity index (χ2n) is 7.03. The molecule has 0 spiro atoms. The fourth-order valence-corrected chi connectivity index (χ4v) is 3.53. The van der Waals surface area contributed by atoms with Crippen LogP contribution in [0, 0.1) is 0 Å². The van der Waals surface area contributed by atoms with E-state index in [2.05, 4.69) is 57.7 Å². The summed E-state index contributed by atoms with van der Waals surface area (Å²) in [5.41, 5.74) is 4.31. The standard InChI is InChI=1S/C23H24N4O/c28-22(27-16-13-19-10-4-5-11-20(19)17-27)21-12-15-25-23(26-21)24-14-6-9-18-7-2-1-3-8-18/h1-5,7-8,10-12,15H,6,9,13-14,16-17H2,(H,24,25,26). The fraction of sp³-hybridized carbons (Fsp3) is 0.261. The van der Waals surface area contributed by atoms with Crippen molar-refractivity contribution in [3.05, 3.63) is 89.2 Å². The van der Waals surface area contributed by atoms with E-state index >= 15 is 0 Å². The van der Waals surface area contributed by atoms with Crippen LogP contribution >= 0.6 is 0 Å². The van der Waals surface area contributed by atoms with Crippen molar-refractivity contribution in [2.24, 2.45) is 0 Å². The molecular formula is C23H24N4O. The van der Waals surface area contributed by atoms with Gasteiger partial charge in [0.1, 0.15) is 5.69 Å². The lowest BCUT2D eigenvalue weighted by Crippen LogP contribution is -2.36. The first kappa shape index (κ1) is 18.2. The Hall–Kier alpha value is -3.21. The van der Waals surface area contributed by atoms with Crippen LogP contribution in [0.5, 0.6) is 0 Å². The van der Waals surface area contributed by atoms with Crippen molar-refractivity contribution >= 4 is 11.9 Å². The van der Waals surface area contributed by atoms with Crippen LogP contribution in [0.25, 0.3) is 0 Å². The van der Waals surface area contributed by atoms with E-state index in [1.54, 1.807) is 12.3 Å². The molecule has 2 aromatic carbocycles. The first-order valence-corrected chi connectivity index (χ1v) is 9.76. The molecule has 0 atom stereocenters. The van der Waals surface area contributed by atoms with Crippen LogP contribution in [-0.2, 0) is 19.4 Å². The topological polar surface area (TPSA) is 58.1 Å². The molecule has 0 unspecified atom stereocenters. The van der Waals surface area contributed by atoms with Gasteiger partial charge in [-0.25, -0.2) is 9.97 Å². The smallest absolute Gasteiger partial charge is 0.272 e.